The minimum atomic E-state index is -1.59. The van der Waals surface area contributed by atoms with Gasteiger partial charge >= 0.3 is 0 Å². The van der Waals surface area contributed by atoms with Crippen molar-refractivity contribution in [1.82, 2.24) is 15.5 Å². The Morgan fingerprint density at radius 1 is 1.22 bits per heavy atom. The van der Waals surface area contributed by atoms with E-state index in [1.165, 1.54) is 11.3 Å². The molecular weight excluding hydrogens is 602 g/mol. The third-order valence-electron chi connectivity index (χ3n) is 8.81. The van der Waals surface area contributed by atoms with E-state index in [-0.39, 0.29) is 18.9 Å². The molecule has 2 fully saturated rings. The number of amides is 4. The van der Waals surface area contributed by atoms with Crippen molar-refractivity contribution >= 4 is 40.9 Å². The first-order valence-electron chi connectivity index (χ1n) is 15.8. The monoisotopic (exact) mass is 647 g/mol. The van der Waals surface area contributed by atoms with Crippen LogP contribution in [0.5, 0.6) is 5.75 Å². The van der Waals surface area contributed by atoms with E-state index in [2.05, 4.69) is 15.8 Å². The molecule has 13 heteroatoms. The summed E-state index contributed by atoms with van der Waals surface area (Å²) < 4.78 is 5.53. The summed E-state index contributed by atoms with van der Waals surface area (Å²) >= 11 is 6.42. The lowest BCUT2D eigenvalue weighted by Gasteiger charge is -2.36. The molecule has 4 rings (SSSR count). The molecule has 4 atom stereocenters. The number of nitrogens with two attached hydrogens (primary N) is 1. The molecule has 2 aliphatic heterocycles. The van der Waals surface area contributed by atoms with E-state index in [0.29, 0.717) is 41.9 Å². The normalized spacial score (nSPS) is 23.2. The fraction of sp³-hybridized carbons (Fsp3) is 0.656. The number of oxime groups is 1. The number of rotatable bonds is 11. The Morgan fingerprint density at radius 3 is 2.56 bits per heavy atom. The van der Waals surface area contributed by atoms with Crippen molar-refractivity contribution in [2.45, 2.75) is 103 Å². The Balaban J connectivity index is 1.55. The SMILES string of the molecule is CCOc1ccc(C2=NO[C@]3(C2)C[C@@H](C(=O)NCC(O)C(N)=O)N(C(=O)[C@@H](NC(=O)CC2CCCCC2)C(C)(C)C)C3)cc1Cl. The largest absolute Gasteiger partial charge is 0.492 e. The molecule has 45 heavy (non-hydrogen) atoms. The molecular formula is C32H46ClN5O7. The summed E-state index contributed by atoms with van der Waals surface area (Å²) in [6, 6.07) is 3.38. The third kappa shape index (κ3) is 8.46. The van der Waals surface area contributed by atoms with Crippen LogP contribution in [-0.2, 0) is 24.0 Å². The van der Waals surface area contributed by atoms with Crippen molar-refractivity contribution in [2.24, 2.45) is 22.2 Å². The van der Waals surface area contributed by atoms with E-state index in [9.17, 15) is 24.3 Å². The van der Waals surface area contributed by atoms with E-state index in [1.807, 2.05) is 33.8 Å². The fourth-order valence-electron chi connectivity index (χ4n) is 6.34. The second kappa shape index (κ2) is 14.4. The first-order valence-corrected chi connectivity index (χ1v) is 16.1. The van der Waals surface area contributed by atoms with Crippen LogP contribution in [0.4, 0.5) is 0 Å². The van der Waals surface area contributed by atoms with Crippen molar-refractivity contribution < 1.29 is 33.9 Å². The van der Waals surface area contributed by atoms with Crippen LogP contribution >= 0.6 is 11.6 Å². The first kappa shape index (κ1) is 34.5. The fourth-order valence-corrected chi connectivity index (χ4v) is 6.58. The predicted octanol–water partition coefficient (Wildman–Crippen LogP) is 2.67. The highest BCUT2D eigenvalue weighted by Crippen LogP contribution is 2.40. The lowest BCUT2D eigenvalue weighted by Crippen LogP contribution is -2.58. The van der Waals surface area contributed by atoms with E-state index in [4.69, 9.17) is 26.9 Å². The molecule has 3 aliphatic rings. The van der Waals surface area contributed by atoms with Crippen molar-refractivity contribution in [2.75, 3.05) is 19.7 Å². The number of nitrogens with zero attached hydrogens (tertiary/aromatic N) is 2. The number of nitrogens with one attached hydrogen (secondary N) is 2. The zero-order valence-corrected chi connectivity index (χ0v) is 27.3. The summed E-state index contributed by atoms with van der Waals surface area (Å²) in [5.41, 5.74) is 4.79. The highest BCUT2D eigenvalue weighted by Gasteiger charge is 2.55. The molecule has 1 aromatic carbocycles. The highest BCUT2D eigenvalue weighted by molar-refractivity contribution is 6.32. The van der Waals surface area contributed by atoms with E-state index >= 15 is 0 Å². The molecule has 2 heterocycles. The Morgan fingerprint density at radius 2 is 1.93 bits per heavy atom. The predicted molar refractivity (Wildman–Crippen MR) is 168 cm³/mol. The van der Waals surface area contributed by atoms with Gasteiger partial charge in [-0.3, -0.25) is 19.2 Å². The number of aliphatic hydroxyl groups is 1. The number of hydrogen-bond acceptors (Lipinski definition) is 8. The van der Waals surface area contributed by atoms with Crippen LogP contribution in [0.1, 0.15) is 84.6 Å². The van der Waals surface area contributed by atoms with Crippen molar-refractivity contribution in [3.63, 3.8) is 0 Å². The summed E-state index contributed by atoms with van der Waals surface area (Å²) in [6.45, 7) is 7.55. The van der Waals surface area contributed by atoms with Gasteiger partial charge in [-0.2, -0.15) is 0 Å². The van der Waals surface area contributed by atoms with Gasteiger partial charge in [-0.05, 0) is 49.3 Å². The average Bonchev–Trinajstić information content (AvgIpc) is 3.58. The lowest BCUT2D eigenvalue weighted by molar-refractivity contribution is -0.144. The summed E-state index contributed by atoms with van der Waals surface area (Å²) in [5, 5.41) is 20.2. The maximum atomic E-state index is 14.3. The molecule has 1 saturated heterocycles. The number of ether oxygens (including phenoxy) is 1. The van der Waals surface area contributed by atoms with E-state index in [0.717, 1.165) is 31.2 Å². The Labute approximate surface area is 269 Å². The van der Waals surface area contributed by atoms with Gasteiger partial charge in [0.2, 0.25) is 23.6 Å². The van der Waals surface area contributed by atoms with Crippen molar-refractivity contribution in [3.8, 4) is 5.75 Å². The van der Waals surface area contributed by atoms with Gasteiger partial charge in [0.25, 0.3) is 0 Å². The van der Waals surface area contributed by atoms with Crippen LogP contribution in [0, 0.1) is 11.3 Å². The molecule has 1 unspecified atom stereocenters. The number of likely N-dealkylation sites (tertiary alicyclic amines) is 1. The highest BCUT2D eigenvalue weighted by atomic mass is 35.5. The quantitative estimate of drug-likeness (QED) is 0.286. The molecule has 12 nitrogen and oxygen atoms in total. The number of benzene rings is 1. The maximum absolute atomic E-state index is 14.3. The van der Waals surface area contributed by atoms with Gasteiger partial charge in [0, 0.05) is 24.8 Å². The molecule has 5 N–H and O–H groups in total. The lowest BCUT2D eigenvalue weighted by atomic mass is 9.84. The Hall–Kier alpha value is -3.38. The molecule has 0 radical (unpaired) electrons. The maximum Gasteiger partial charge on any atom is 0.248 e. The van der Waals surface area contributed by atoms with E-state index < -0.39 is 53.5 Å². The Kier molecular flexibility index (Phi) is 11.0. The van der Waals surface area contributed by atoms with Crippen LogP contribution < -0.4 is 21.1 Å². The van der Waals surface area contributed by atoms with Crippen LogP contribution in [0.25, 0.3) is 0 Å². The molecule has 248 valence electrons. The summed E-state index contributed by atoms with van der Waals surface area (Å²) in [7, 11) is 0. The topological polar surface area (TPSA) is 173 Å². The van der Waals surface area contributed by atoms with Crippen LogP contribution in [0.2, 0.25) is 5.02 Å². The van der Waals surface area contributed by atoms with Crippen LogP contribution in [0.15, 0.2) is 23.4 Å². The first-order chi connectivity index (χ1) is 21.2. The molecule has 0 bridgehead atoms. The average molecular weight is 648 g/mol. The van der Waals surface area contributed by atoms with Gasteiger partial charge in [0.05, 0.1) is 30.4 Å². The van der Waals surface area contributed by atoms with Gasteiger partial charge in [0.15, 0.2) is 5.60 Å². The standard InChI is InChI=1S/C32H46ClN5O7/c1-5-44-25-12-11-20(14-21(25)33)22-15-32(45-37-22)16-23(29(42)35-17-24(39)28(34)41)38(18-32)30(43)27(31(2,3)4)36-26(40)13-19-9-7-6-8-10-19/h11-12,14,19,23-24,27,39H,5-10,13,15-18H2,1-4H3,(H2,34,41)(H,35,42)(H,36,40)/t23-,24?,27+,32+/m0/s1. The Bertz CT molecular complexity index is 1310. The van der Waals surface area contributed by atoms with Gasteiger partial charge in [-0.25, -0.2) is 0 Å². The zero-order valence-electron chi connectivity index (χ0n) is 26.6. The molecule has 1 aromatic rings. The zero-order chi connectivity index (χ0) is 32.9. The second-order valence-corrected chi connectivity index (χ2v) is 13.9. The second-order valence-electron chi connectivity index (χ2n) is 13.5. The van der Waals surface area contributed by atoms with Gasteiger partial charge in [0.1, 0.15) is 23.9 Å². The van der Waals surface area contributed by atoms with Crippen LogP contribution in [0.3, 0.4) is 0 Å². The summed E-state index contributed by atoms with van der Waals surface area (Å²) in [4.78, 5) is 59.8. The third-order valence-corrected chi connectivity index (χ3v) is 9.10. The number of halogens is 1. The van der Waals surface area contributed by atoms with E-state index in [1.54, 1.807) is 12.1 Å². The number of carbonyl (C=O) groups is 4. The number of aliphatic hydroxyl groups excluding tert-OH is 1. The van der Waals surface area contributed by atoms with Crippen molar-refractivity contribution in [1.29, 1.82) is 0 Å². The minimum Gasteiger partial charge on any atom is -0.492 e. The van der Waals surface area contributed by atoms with Crippen molar-refractivity contribution in [3.05, 3.63) is 28.8 Å². The molecule has 1 saturated carbocycles. The van der Waals surface area contributed by atoms with Gasteiger partial charge in [-0.15, -0.1) is 0 Å². The number of hydrogen-bond donors (Lipinski definition) is 4. The van der Waals surface area contributed by atoms with Crippen LogP contribution in [-0.4, -0.2) is 82.8 Å². The summed E-state index contributed by atoms with van der Waals surface area (Å²) in [6.07, 6.45) is 4.53. The molecule has 4 amide bonds. The number of primary amides is 1. The number of carbonyl (C=O) groups excluding carboxylic acids is 4. The molecule has 1 spiro atoms. The smallest absolute Gasteiger partial charge is 0.248 e. The minimum absolute atomic E-state index is 0.0329. The summed E-state index contributed by atoms with van der Waals surface area (Å²) in [5.74, 6) is -1.34. The van der Waals surface area contributed by atoms with Gasteiger partial charge < -0.3 is 35.9 Å². The molecule has 0 aromatic heterocycles. The molecule has 1 aliphatic carbocycles. The van der Waals surface area contributed by atoms with Gasteiger partial charge in [-0.1, -0.05) is 56.8 Å².